The summed E-state index contributed by atoms with van der Waals surface area (Å²) in [6.45, 7) is 4.53. The summed E-state index contributed by atoms with van der Waals surface area (Å²) < 4.78 is 0. The summed E-state index contributed by atoms with van der Waals surface area (Å²) >= 11 is 0. The molecule has 20 heavy (non-hydrogen) atoms. The Kier molecular flexibility index (Phi) is 3.05. The molecule has 0 spiro atoms. The largest absolute Gasteiger partial charge is 0.382 e. The minimum atomic E-state index is 0.755. The summed E-state index contributed by atoms with van der Waals surface area (Å²) in [5.41, 5.74) is 4.37. The zero-order valence-corrected chi connectivity index (χ0v) is 12.9. The fourth-order valence-electron chi connectivity index (χ4n) is 5.65. The predicted octanol–water partition coefficient (Wildman–Crippen LogP) is 4.79. The van der Waals surface area contributed by atoms with Gasteiger partial charge in [-0.3, -0.25) is 0 Å². The average Bonchev–Trinajstić information content (AvgIpc) is 3.12. The Labute approximate surface area is 123 Å². The minimum Gasteiger partial charge on any atom is -0.382 e. The normalized spacial score (nSPS) is 38.2. The Bertz CT molecular complexity index is 506. The highest BCUT2D eigenvalue weighted by molar-refractivity contribution is 5.58. The second kappa shape index (κ2) is 4.79. The van der Waals surface area contributed by atoms with Crippen LogP contribution in [-0.2, 0) is 6.42 Å². The van der Waals surface area contributed by atoms with Gasteiger partial charge in [0, 0.05) is 11.7 Å². The third-order valence-electron chi connectivity index (χ3n) is 6.50. The van der Waals surface area contributed by atoms with Gasteiger partial charge in [0.2, 0.25) is 0 Å². The summed E-state index contributed by atoms with van der Waals surface area (Å²) in [7, 11) is 0. The third kappa shape index (κ3) is 1.82. The molecule has 108 valence electrons. The Balaban J connectivity index is 1.56. The monoisotopic (exact) mass is 269 g/mol. The molecule has 3 aliphatic rings. The van der Waals surface area contributed by atoms with Crippen LogP contribution in [0, 0.1) is 30.6 Å². The van der Waals surface area contributed by atoms with Crippen molar-refractivity contribution < 1.29 is 0 Å². The fourth-order valence-corrected chi connectivity index (χ4v) is 5.65. The molecule has 0 radical (unpaired) electrons. The van der Waals surface area contributed by atoms with Gasteiger partial charge in [-0.25, -0.2) is 0 Å². The van der Waals surface area contributed by atoms with E-state index in [9.17, 15) is 0 Å². The number of fused-ring (bicyclic) bond motifs is 5. The summed E-state index contributed by atoms with van der Waals surface area (Å²) in [6, 6.07) is 7.51. The molecule has 1 aromatic rings. The van der Waals surface area contributed by atoms with E-state index in [1.807, 2.05) is 0 Å². The van der Waals surface area contributed by atoms with Crippen LogP contribution in [0.4, 0.5) is 5.69 Å². The van der Waals surface area contributed by atoms with Gasteiger partial charge in [-0.05, 0) is 73.8 Å². The van der Waals surface area contributed by atoms with E-state index in [0.29, 0.717) is 0 Å². The first-order valence-corrected chi connectivity index (χ1v) is 8.63. The van der Waals surface area contributed by atoms with Gasteiger partial charge in [-0.1, -0.05) is 31.5 Å². The number of benzene rings is 1. The van der Waals surface area contributed by atoms with Gasteiger partial charge in [0.05, 0.1) is 0 Å². The highest BCUT2D eigenvalue weighted by Gasteiger charge is 2.53. The molecule has 1 aromatic carbocycles. The topological polar surface area (TPSA) is 12.0 Å². The van der Waals surface area contributed by atoms with Crippen molar-refractivity contribution in [1.29, 1.82) is 0 Å². The number of aryl methyl sites for hydroxylation is 2. The van der Waals surface area contributed by atoms with Crippen LogP contribution < -0.4 is 5.32 Å². The van der Waals surface area contributed by atoms with Crippen LogP contribution in [0.3, 0.4) is 0 Å². The number of hydrogen-bond acceptors (Lipinski definition) is 1. The van der Waals surface area contributed by atoms with E-state index in [2.05, 4.69) is 37.4 Å². The van der Waals surface area contributed by atoms with Crippen LogP contribution in [0.25, 0.3) is 0 Å². The summed E-state index contributed by atoms with van der Waals surface area (Å²) in [5.74, 6) is 4.16. The van der Waals surface area contributed by atoms with Gasteiger partial charge < -0.3 is 5.32 Å². The molecule has 1 N–H and O–H groups in total. The second-order valence-electron chi connectivity index (χ2n) is 7.37. The van der Waals surface area contributed by atoms with Crippen molar-refractivity contribution in [2.75, 3.05) is 5.32 Å². The lowest BCUT2D eigenvalue weighted by atomic mass is 9.79. The molecule has 1 heteroatoms. The Hall–Kier alpha value is -0.980. The molecule has 2 bridgehead atoms. The molecule has 5 atom stereocenters. The maximum atomic E-state index is 3.97. The van der Waals surface area contributed by atoms with Crippen molar-refractivity contribution >= 4 is 5.69 Å². The Morgan fingerprint density at radius 2 is 1.95 bits per heavy atom. The maximum Gasteiger partial charge on any atom is 0.0404 e. The van der Waals surface area contributed by atoms with E-state index < -0.39 is 0 Å². The van der Waals surface area contributed by atoms with Crippen LogP contribution in [0.15, 0.2) is 18.2 Å². The molecule has 0 amide bonds. The molecule has 0 aromatic heterocycles. The SMILES string of the molecule is CCc1cccc(C)c1NC1CC2CC1C1CCCC21. The lowest BCUT2D eigenvalue weighted by Gasteiger charge is -2.33. The minimum absolute atomic E-state index is 0.755. The van der Waals surface area contributed by atoms with E-state index in [4.69, 9.17) is 0 Å². The molecule has 0 aliphatic heterocycles. The van der Waals surface area contributed by atoms with Gasteiger partial charge in [0.25, 0.3) is 0 Å². The van der Waals surface area contributed by atoms with Crippen molar-refractivity contribution in [3.05, 3.63) is 29.3 Å². The van der Waals surface area contributed by atoms with Crippen LogP contribution >= 0.6 is 0 Å². The van der Waals surface area contributed by atoms with Gasteiger partial charge in [-0.2, -0.15) is 0 Å². The van der Waals surface area contributed by atoms with Crippen LogP contribution in [0.1, 0.15) is 50.2 Å². The smallest absolute Gasteiger partial charge is 0.0404 e. The Morgan fingerprint density at radius 1 is 1.10 bits per heavy atom. The van der Waals surface area contributed by atoms with Crippen molar-refractivity contribution in [1.82, 2.24) is 0 Å². The molecule has 3 saturated carbocycles. The van der Waals surface area contributed by atoms with E-state index >= 15 is 0 Å². The van der Waals surface area contributed by atoms with E-state index in [-0.39, 0.29) is 0 Å². The number of para-hydroxylation sites is 1. The zero-order valence-electron chi connectivity index (χ0n) is 12.9. The van der Waals surface area contributed by atoms with Crippen molar-refractivity contribution in [2.24, 2.45) is 23.7 Å². The molecule has 1 nitrogen and oxygen atoms in total. The van der Waals surface area contributed by atoms with Gasteiger partial charge in [0.15, 0.2) is 0 Å². The lowest BCUT2D eigenvalue weighted by Crippen LogP contribution is -2.34. The first-order chi connectivity index (χ1) is 9.78. The lowest BCUT2D eigenvalue weighted by molar-refractivity contribution is 0.243. The van der Waals surface area contributed by atoms with Crippen molar-refractivity contribution in [3.8, 4) is 0 Å². The summed E-state index contributed by atoms with van der Waals surface area (Å²) in [6.07, 6.45) is 8.63. The Morgan fingerprint density at radius 3 is 2.80 bits per heavy atom. The van der Waals surface area contributed by atoms with Crippen molar-refractivity contribution in [2.45, 2.75) is 58.4 Å². The maximum absolute atomic E-state index is 3.97. The van der Waals surface area contributed by atoms with Gasteiger partial charge in [-0.15, -0.1) is 0 Å². The zero-order chi connectivity index (χ0) is 13.7. The molecule has 3 fully saturated rings. The van der Waals surface area contributed by atoms with Crippen LogP contribution in [0.5, 0.6) is 0 Å². The predicted molar refractivity (Wildman–Crippen MR) is 85.0 cm³/mol. The number of nitrogens with one attached hydrogen (secondary N) is 1. The first-order valence-electron chi connectivity index (χ1n) is 8.63. The second-order valence-corrected chi connectivity index (χ2v) is 7.37. The van der Waals surface area contributed by atoms with Gasteiger partial charge >= 0.3 is 0 Å². The summed E-state index contributed by atoms with van der Waals surface area (Å²) in [5, 5.41) is 3.97. The highest BCUT2D eigenvalue weighted by atomic mass is 15.0. The number of anilines is 1. The van der Waals surface area contributed by atoms with E-state index in [1.165, 1.54) is 48.9 Å². The first kappa shape index (κ1) is 12.7. The van der Waals surface area contributed by atoms with Crippen molar-refractivity contribution in [3.63, 3.8) is 0 Å². The van der Waals surface area contributed by atoms with E-state index in [1.54, 1.807) is 0 Å². The van der Waals surface area contributed by atoms with Crippen LogP contribution in [0.2, 0.25) is 0 Å². The highest BCUT2D eigenvalue weighted by Crippen LogP contribution is 2.59. The third-order valence-corrected chi connectivity index (χ3v) is 6.50. The average molecular weight is 269 g/mol. The summed E-state index contributed by atoms with van der Waals surface area (Å²) in [4.78, 5) is 0. The number of hydrogen-bond donors (Lipinski definition) is 1. The van der Waals surface area contributed by atoms with E-state index in [0.717, 1.165) is 36.1 Å². The molecular formula is C19H27N. The molecule has 3 aliphatic carbocycles. The fraction of sp³-hybridized carbons (Fsp3) is 0.684. The molecule has 5 unspecified atom stereocenters. The molecular weight excluding hydrogens is 242 g/mol. The molecule has 4 rings (SSSR count). The molecule has 0 heterocycles. The quantitative estimate of drug-likeness (QED) is 0.831. The van der Waals surface area contributed by atoms with Gasteiger partial charge in [0.1, 0.15) is 0 Å². The molecule has 0 saturated heterocycles. The van der Waals surface area contributed by atoms with Crippen LogP contribution in [-0.4, -0.2) is 6.04 Å². The standard InChI is InChI=1S/C19H27N/c1-3-13-7-4-6-12(2)19(13)20-18-11-14-10-17(18)16-9-5-8-15(14)16/h4,6-7,14-18,20H,3,5,8-11H2,1-2H3. The number of rotatable bonds is 3.